The minimum atomic E-state index is -1.27. The lowest BCUT2D eigenvalue weighted by Gasteiger charge is -2.19. The number of ether oxygens (including phenoxy) is 2. The summed E-state index contributed by atoms with van der Waals surface area (Å²) < 4.78 is 11.4. The van der Waals surface area contributed by atoms with Crippen LogP contribution < -0.4 is 8.67 Å². The maximum atomic E-state index is 9.76. The number of nitrogens with zero attached hydrogens (tertiary/aromatic N) is 1. The SMILES string of the molecule is OC[C@H]1OC(Oc2ccccc2N(Cl)Cl)[C@@H](O)[C@@H]1O. The number of aliphatic hydroxyl groups excluding tert-OH is 3. The highest BCUT2D eigenvalue weighted by molar-refractivity contribution is 6.49. The first-order valence-electron chi connectivity index (χ1n) is 5.54. The molecule has 1 heterocycles. The number of benzene rings is 1. The molecule has 106 valence electrons. The van der Waals surface area contributed by atoms with Crippen molar-refractivity contribution in [2.45, 2.75) is 24.6 Å². The minimum Gasteiger partial charge on any atom is -0.460 e. The van der Waals surface area contributed by atoms with Gasteiger partial charge in [-0.3, -0.25) is 0 Å². The Morgan fingerprint density at radius 3 is 2.47 bits per heavy atom. The summed E-state index contributed by atoms with van der Waals surface area (Å²) in [6.07, 6.45) is -4.49. The van der Waals surface area contributed by atoms with E-state index in [1.807, 2.05) is 0 Å². The van der Waals surface area contributed by atoms with Crippen LogP contribution in [0.25, 0.3) is 0 Å². The summed E-state index contributed by atoms with van der Waals surface area (Å²) in [5, 5.41) is 28.3. The molecule has 1 aliphatic heterocycles. The van der Waals surface area contributed by atoms with Crippen molar-refractivity contribution < 1.29 is 24.8 Å². The fourth-order valence-corrected chi connectivity index (χ4v) is 2.06. The average molecular weight is 310 g/mol. The van der Waals surface area contributed by atoms with Crippen molar-refractivity contribution in [3.8, 4) is 5.75 Å². The number of para-hydroxylation sites is 2. The van der Waals surface area contributed by atoms with Crippen LogP contribution >= 0.6 is 23.6 Å². The van der Waals surface area contributed by atoms with Gasteiger partial charge in [0.25, 0.3) is 0 Å². The van der Waals surface area contributed by atoms with Crippen LogP contribution in [-0.2, 0) is 4.74 Å². The number of hydrogen-bond donors (Lipinski definition) is 3. The standard InChI is InChI=1S/C11H13Cl2NO5/c12-14(13)6-3-1-2-4-7(6)18-11-10(17)9(16)8(5-15)19-11/h1-4,8-11,15-17H,5H2/t8-,9-,10+,11?/m1/s1. The van der Waals surface area contributed by atoms with Crippen molar-refractivity contribution in [1.82, 2.24) is 0 Å². The predicted molar refractivity (Wildman–Crippen MR) is 69.0 cm³/mol. The Balaban J connectivity index is 2.14. The van der Waals surface area contributed by atoms with Gasteiger partial charge in [-0.2, -0.15) is 3.94 Å². The molecule has 0 bridgehead atoms. The van der Waals surface area contributed by atoms with Gasteiger partial charge in [0.05, 0.1) is 6.61 Å². The number of aliphatic hydroxyl groups is 3. The third kappa shape index (κ3) is 3.05. The number of anilines is 1. The molecule has 0 spiro atoms. The lowest BCUT2D eigenvalue weighted by Crippen LogP contribution is -2.35. The van der Waals surface area contributed by atoms with Gasteiger partial charge < -0.3 is 24.8 Å². The molecule has 6 nitrogen and oxygen atoms in total. The van der Waals surface area contributed by atoms with Crippen LogP contribution in [0.15, 0.2) is 24.3 Å². The van der Waals surface area contributed by atoms with Crippen LogP contribution in [0.1, 0.15) is 0 Å². The van der Waals surface area contributed by atoms with Crippen molar-refractivity contribution >= 4 is 29.2 Å². The van der Waals surface area contributed by atoms with Crippen LogP contribution in [-0.4, -0.2) is 46.5 Å². The molecule has 0 aromatic heterocycles. The van der Waals surface area contributed by atoms with Gasteiger partial charge >= 0.3 is 0 Å². The summed E-state index contributed by atoms with van der Waals surface area (Å²) in [4.78, 5) is 0. The van der Waals surface area contributed by atoms with Crippen molar-refractivity contribution in [3.63, 3.8) is 0 Å². The molecular formula is C11H13Cl2NO5. The predicted octanol–water partition coefficient (Wildman–Crippen LogP) is 0.618. The molecule has 1 aromatic carbocycles. The van der Waals surface area contributed by atoms with E-state index in [0.717, 1.165) is 3.94 Å². The van der Waals surface area contributed by atoms with E-state index in [4.69, 9.17) is 38.1 Å². The van der Waals surface area contributed by atoms with E-state index in [9.17, 15) is 10.2 Å². The van der Waals surface area contributed by atoms with Crippen molar-refractivity contribution in [3.05, 3.63) is 24.3 Å². The van der Waals surface area contributed by atoms with Crippen LogP contribution in [0.2, 0.25) is 0 Å². The van der Waals surface area contributed by atoms with E-state index in [-0.39, 0.29) is 5.75 Å². The summed E-state index contributed by atoms with van der Waals surface area (Å²) in [6, 6.07) is 6.59. The third-order valence-electron chi connectivity index (χ3n) is 2.79. The lowest BCUT2D eigenvalue weighted by atomic mass is 10.1. The minimum absolute atomic E-state index is 0.280. The molecule has 1 aromatic rings. The molecule has 1 saturated heterocycles. The Bertz CT molecular complexity index is 433. The zero-order valence-corrected chi connectivity index (χ0v) is 11.2. The maximum absolute atomic E-state index is 9.76. The van der Waals surface area contributed by atoms with Gasteiger partial charge in [-0.1, -0.05) is 12.1 Å². The highest BCUT2D eigenvalue weighted by Crippen LogP contribution is 2.33. The van der Waals surface area contributed by atoms with Gasteiger partial charge in [0, 0.05) is 23.6 Å². The van der Waals surface area contributed by atoms with E-state index in [0.29, 0.717) is 5.69 Å². The molecule has 4 atom stereocenters. The lowest BCUT2D eigenvalue weighted by molar-refractivity contribution is -0.116. The van der Waals surface area contributed by atoms with Crippen LogP contribution in [0.5, 0.6) is 5.75 Å². The fraction of sp³-hybridized carbons (Fsp3) is 0.455. The molecule has 3 N–H and O–H groups in total. The smallest absolute Gasteiger partial charge is 0.229 e. The molecule has 0 aliphatic carbocycles. The van der Waals surface area contributed by atoms with E-state index in [2.05, 4.69) is 0 Å². The van der Waals surface area contributed by atoms with E-state index in [1.165, 1.54) is 0 Å². The number of hydrogen-bond acceptors (Lipinski definition) is 6. The summed E-state index contributed by atoms with van der Waals surface area (Å²) in [5.41, 5.74) is 0.364. The first-order valence-corrected chi connectivity index (χ1v) is 6.22. The maximum Gasteiger partial charge on any atom is 0.229 e. The molecule has 0 amide bonds. The Morgan fingerprint density at radius 2 is 1.89 bits per heavy atom. The second kappa shape index (κ2) is 6.13. The zero-order valence-electron chi connectivity index (χ0n) is 9.69. The fourth-order valence-electron chi connectivity index (χ4n) is 1.78. The van der Waals surface area contributed by atoms with E-state index >= 15 is 0 Å². The largest absolute Gasteiger partial charge is 0.460 e. The average Bonchev–Trinajstić information content (AvgIpc) is 2.67. The van der Waals surface area contributed by atoms with Crippen molar-refractivity contribution in [1.29, 1.82) is 0 Å². The van der Waals surface area contributed by atoms with E-state index in [1.54, 1.807) is 24.3 Å². The van der Waals surface area contributed by atoms with Gasteiger partial charge in [0.15, 0.2) is 0 Å². The molecule has 1 fully saturated rings. The summed E-state index contributed by atoms with van der Waals surface area (Å²) in [7, 11) is 0. The number of halogens is 2. The Hall–Kier alpha value is -0.760. The Labute approximate surface area is 119 Å². The van der Waals surface area contributed by atoms with Gasteiger partial charge in [0.1, 0.15) is 29.7 Å². The van der Waals surface area contributed by atoms with Gasteiger partial charge in [-0.05, 0) is 12.1 Å². The second-order valence-corrected chi connectivity index (χ2v) is 4.87. The summed E-state index contributed by atoms with van der Waals surface area (Å²) in [5.74, 6) is 0.280. The normalized spacial score (nSPS) is 30.4. The molecule has 1 unspecified atom stereocenters. The topological polar surface area (TPSA) is 82.4 Å². The van der Waals surface area contributed by atoms with Gasteiger partial charge in [0.2, 0.25) is 6.29 Å². The summed E-state index contributed by atoms with van der Waals surface area (Å²) in [6.45, 7) is -0.420. The Morgan fingerprint density at radius 1 is 1.21 bits per heavy atom. The van der Waals surface area contributed by atoms with E-state index < -0.39 is 31.2 Å². The second-order valence-electron chi connectivity index (χ2n) is 4.03. The zero-order chi connectivity index (χ0) is 14.0. The molecule has 19 heavy (non-hydrogen) atoms. The molecule has 8 heteroatoms. The highest BCUT2D eigenvalue weighted by Gasteiger charge is 2.44. The third-order valence-corrected chi connectivity index (χ3v) is 3.15. The first kappa shape index (κ1) is 14.6. The Kier molecular flexibility index (Phi) is 4.72. The monoisotopic (exact) mass is 309 g/mol. The first-order chi connectivity index (χ1) is 9.04. The molecule has 1 aliphatic rings. The van der Waals surface area contributed by atoms with Crippen molar-refractivity contribution in [2.75, 3.05) is 10.5 Å². The van der Waals surface area contributed by atoms with Crippen LogP contribution in [0, 0.1) is 0 Å². The van der Waals surface area contributed by atoms with Gasteiger partial charge in [-0.25, -0.2) is 0 Å². The van der Waals surface area contributed by atoms with Crippen LogP contribution in [0.3, 0.4) is 0 Å². The molecule has 0 radical (unpaired) electrons. The molecular weight excluding hydrogens is 297 g/mol. The van der Waals surface area contributed by atoms with Crippen LogP contribution in [0.4, 0.5) is 5.69 Å². The van der Waals surface area contributed by atoms with Crippen molar-refractivity contribution in [2.24, 2.45) is 0 Å². The highest BCUT2D eigenvalue weighted by atomic mass is 35.5. The molecule has 0 saturated carbocycles. The summed E-state index contributed by atoms with van der Waals surface area (Å²) >= 11 is 11.3. The molecule has 2 rings (SSSR count). The number of rotatable bonds is 4. The van der Waals surface area contributed by atoms with Gasteiger partial charge in [-0.15, -0.1) is 0 Å². The quantitative estimate of drug-likeness (QED) is 0.707.